The van der Waals surface area contributed by atoms with E-state index in [9.17, 15) is 18.7 Å². The van der Waals surface area contributed by atoms with Crippen molar-refractivity contribution < 1.29 is 23.4 Å². The maximum Gasteiger partial charge on any atom is 0.252 e. The number of methoxy groups -OCH3 is 1. The molecule has 0 radical (unpaired) electrons. The van der Waals surface area contributed by atoms with Crippen molar-refractivity contribution in [1.29, 1.82) is 0 Å². The van der Waals surface area contributed by atoms with Crippen LogP contribution in [0.1, 0.15) is 33.1 Å². The third-order valence-electron chi connectivity index (χ3n) is 5.87. The SMILES string of the molecule is COCC(c1ccccn1)[C@H](CO)NC(=O)c1cccc(F)c1C1=NCC(c2ccc(F)cc2)=C1. The van der Waals surface area contributed by atoms with Gasteiger partial charge in [0.05, 0.1) is 37.1 Å². The molecule has 2 heterocycles. The lowest BCUT2D eigenvalue weighted by Gasteiger charge is -2.26. The molecule has 4 rings (SSSR count). The Morgan fingerprint density at radius 3 is 2.60 bits per heavy atom. The topological polar surface area (TPSA) is 83.8 Å². The third kappa shape index (κ3) is 5.50. The first-order valence-corrected chi connectivity index (χ1v) is 11.1. The zero-order valence-corrected chi connectivity index (χ0v) is 19.1. The number of allylic oxidation sites excluding steroid dienone is 1. The highest BCUT2D eigenvalue weighted by atomic mass is 19.1. The van der Waals surface area contributed by atoms with Crippen LogP contribution in [0, 0.1) is 11.6 Å². The predicted octanol–water partition coefficient (Wildman–Crippen LogP) is 3.77. The zero-order valence-electron chi connectivity index (χ0n) is 19.1. The van der Waals surface area contributed by atoms with Gasteiger partial charge in [0.2, 0.25) is 0 Å². The second-order valence-corrected chi connectivity index (χ2v) is 8.12. The molecule has 35 heavy (non-hydrogen) atoms. The molecule has 0 fully saturated rings. The molecule has 1 aliphatic rings. The Balaban J connectivity index is 1.62. The van der Waals surface area contributed by atoms with Crippen LogP contribution in [-0.4, -0.2) is 54.6 Å². The van der Waals surface area contributed by atoms with Gasteiger partial charge in [-0.1, -0.05) is 24.3 Å². The Bertz CT molecular complexity index is 1240. The fourth-order valence-electron chi connectivity index (χ4n) is 4.09. The Morgan fingerprint density at radius 1 is 1.11 bits per heavy atom. The molecule has 2 aromatic carbocycles. The summed E-state index contributed by atoms with van der Waals surface area (Å²) in [5, 5.41) is 12.9. The zero-order chi connectivity index (χ0) is 24.8. The molecule has 2 atom stereocenters. The van der Waals surface area contributed by atoms with Gasteiger partial charge in [-0.15, -0.1) is 0 Å². The van der Waals surface area contributed by atoms with Crippen LogP contribution < -0.4 is 5.32 Å². The summed E-state index contributed by atoms with van der Waals surface area (Å²) in [7, 11) is 1.53. The van der Waals surface area contributed by atoms with Crippen molar-refractivity contribution in [1.82, 2.24) is 10.3 Å². The molecule has 180 valence electrons. The number of pyridine rings is 1. The molecule has 1 aliphatic heterocycles. The predicted molar refractivity (Wildman–Crippen MR) is 129 cm³/mol. The third-order valence-corrected chi connectivity index (χ3v) is 5.87. The number of aliphatic hydroxyl groups is 1. The van der Waals surface area contributed by atoms with E-state index < -0.39 is 23.7 Å². The number of aliphatic imine (C=N–C) groups is 1. The van der Waals surface area contributed by atoms with Gasteiger partial charge in [0.25, 0.3) is 5.91 Å². The minimum absolute atomic E-state index is 0.0694. The van der Waals surface area contributed by atoms with Crippen molar-refractivity contribution in [2.24, 2.45) is 4.99 Å². The van der Waals surface area contributed by atoms with E-state index in [0.717, 1.165) is 11.1 Å². The largest absolute Gasteiger partial charge is 0.394 e. The van der Waals surface area contributed by atoms with Gasteiger partial charge in [-0.2, -0.15) is 0 Å². The van der Waals surface area contributed by atoms with Crippen LogP contribution in [0.2, 0.25) is 0 Å². The molecule has 0 spiro atoms. The first-order valence-electron chi connectivity index (χ1n) is 11.1. The fraction of sp³-hybridized carbons (Fsp3) is 0.222. The lowest BCUT2D eigenvalue weighted by molar-refractivity contribution is 0.0868. The number of aliphatic hydroxyl groups excluding tert-OH is 1. The monoisotopic (exact) mass is 477 g/mol. The van der Waals surface area contributed by atoms with Crippen LogP contribution >= 0.6 is 0 Å². The van der Waals surface area contributed by atoms with Crippen LogP contribution in [-0.2, 0) is 4.74 Å². The number of ether oxygens (including phenoxy) is 1. The number of aromatic nitrogens is 1. The summed E-state index contributed by atoms with van der Waals surface area (Å²) in [5.74, 6) is -1.91. The van der Waals surface area contributed by atoms with Gasteiger partial charge in [-0.3, -0.25) is 14.8 Å². The molecule has 6 nitrogen and oxygen atoms in total. The first-order chi connectivity index (χ1) is 17.0. The average Bonchev–Trinajstić information content (AvgIpc) is 3.36. The summed E-state index contributed by atoms with van der Waals surface area (Å²) in [6.07, 6.45) is 3.33. The van der Waals surface area contributed by atoms with E-state index in [1.807, 2.05) is 6.07 Å². The maximum atomic E-state index is 15.0. The Hall–Kier alpha value is -3.75. The molecular formula is C27H25F2N3O3. The number of carbonyl (C=O) groups excluding carboxylic acids is 1. The second-order valence-electron chi connectivity index (χ2n) is 8.12. The summed E-state index contributed by atoms with van der Waals surface area (Å²) >= 11 is 0. The molecule has 0 saturated carbocycles. The molecule has 0 bridgehead atoms. The van der Waals surface area contributed by atoms with Crippen molar-refractivity contribution in [2.75, 3.05) is 26.9 Å². The highest BCUT2D eigenvalue weighted by molar-refractivity contribution is 6.19. The van der Waals surface area contributed by atoms with E-state index in [-0.39, 0.29) is 36.7 Å². The normalized spacial score (nSPS) is 14.7. The van der Waals surface area contributed by atoms with Crippen LogP contribution in [0.5, 0.6) is 0 Å². The summed E-state index contributed by atoms with van der Waals surface area (Å²) < 4.78 is 33.6. The molecular weight excluding hydrogens is 452 g/mol. The van der Waals surface area contributed by atoms with Crippen molar-refractivity contribution >= 4 is 17.2 Å². The minimum atomic E-state index is -0.718. The smallest absolute Gasteiger partial charge is 0.252 e. The molecule has 8 heteroatoms. The van der Waals surface area contributed by atoms with E-state index >= 15 is 0 Å². The minimum Gasteiger partial charge on any atom is -0.394 e. The number of halogens is 2. The molecule has 0 aliphatic carbocycles. The Kier molecular flexibility index (Phi) is 7.74. The molecule has 1 amide bonds. The van der Waals surface area contributed by atoms with E-state index in [2.05, 4.69) is 15.3 Å². The van der Waals surface area contributed by atoms with E-state index in [0.29, 0.717) is 11.4 Å². The fourth-order valence-corrected chi connectivity index (χ4v) is 4.09. The van der Waals surface area contributed by atoms with Crippen molar-refractivity contribution in [2.45, 2.75) is 12.0 Å². The van der Waals surface area contributed by atoms with E-state index in [1.165, 1.54) is 37.4 Å². The molecule has 3 aromatic rings. The summed E-state index contributed by atoms with van der Waals surface area (Å²) in [5.41, 5.74) is 2.70. The Morgan fingerprint density at radius 2 is 1.91 bits per heavy atom. The summed E-state index contributed by atoms with van der Waals surface area (Å²) in [4.78, 5) is 22.1. The lowest BCUT2D eigenvalue weighted by atomic mass is 9.95. The number of nitrogens with one attached hydrogen (secondary N) is 1. The van der Waals surface area contributed by atoms with Crippen LogP contribution in [0.4, 0.5) is 8.78 Å². The van der Waals surface area contributed by atoms with Gasteiger partial charge >= 0.3 is 0 Å². The second kappa shape index (κ2) is 11.1. The Labute approximate surface area is 202 Å². The van der Waals surface area contributed by atoms with Crippen LogP contribution in [0.3, 0.4) is 0 Å². The number of amides is 1. The van der Waals surface area contributed by atoms with Crippen molar-refractivity contribution in [3.05, 3.63) is 107 Å². The number of nitrogens with zero attached hydrogens (tertiary/aromatic N) is 2. The number of benzene rings is 2. The highest BCUT2D eigenvalue weighted by Gasteiger charge is 2.28. The van der Waals surface area contributed by atoms with Gasteiger partial charge in [0, 0.05) is 30.5 Å². The lowest BCUT2D eigenvalue weighted by Crippen LogP contribution is -2.44. The quantitative estimate of drug-likeness (QED) is 0.492. The maximum absolute atomic E-state index is 15.0. The first kappa shape index (κ1) is 24.4. The van der Waals surface area contributed by atoms with Crippen LogP contribution in [0.15, 0.2) is 77.9 Å². The van der Waals surface area contributed by atoms with Gasteiger partial charge in [0.1, 0.15) is 11.6 Å². The van der Waals surface area contributed by atoms with E-state index in [4.69, 9.17) is 4.74 Å². The van der Waals surface area contributed by atoms with Crippen molar-refractivity contribution in [3.8, 4) is 0 Å². The number of hydrogen-bond acceptors (Lipinski definition) is 5. The van der Waals surface area contributed by atoms with E-state index in [1.54, 1.807) is 36.5 Å². The van der Waals surface area contributed by atoms with Crippen LogP contribution in [0.25, 0.3) is 5.57 Å². The summed E-state index contributed by atoms with van der Waals surface area (Å²) in [6, 6.07) is 14.9. The standard InChI is InChI=1S/C27H25F2N3O3/c1-35-16-21(23-7-2-3-12-30-23)25(15-33)32-27(34)20-5-4-6-22(29)26(20)24-13-18(14-31-24)17-8-10-19(28)11-9-17/h2-13,21,25,33H,14-16H2,1H3,(H,32,34)/t21?,25-/m0/s1. The van der Waals surface area contributed by atoms with Gasteiger partial charge in [0.15, 0.2) is 0 Å². The van der Waals surface area contributed by atoms with Gasteiger partial charge < -0.3 is 15.2 Å². The van der Waals surface area contributed by atoms with Gasteiger partial charge in [-0.05, 0) is 53.6 Å². The van der Waals surface area contributed by atoms with Gasteiger partial charge in [-0.25, -0.2) is 8.78 Å². The highest BCUT2D eigenvalue weighted by Crippen LogP contribution is 2.26. The average molecular weight is 478 g/mol. The number of carbonyl (C=O) groups is 1. The number of hydrogen-bond donors (Lipinski definition) is 2. The van der Waals surface area contributed by atoms with Crippen molar-refractivity contribution in [3.63, 3.8) is 0 Å². The molecule has 1 aromatic heterocycles. The molecule has 1 unspecified atom stereocenters. The number of rotatable bonds is 9. The summed E-state index contributed by atoms with van der Waals surface area (Å²) in [6.45, 7) is 0.136. The molecule has 0 saturated heterocycles. The molecule has 2 N–H and O–H groups in total.